The lowest BCUT2D eigenvalue weighted by Crippen LogP contribution is -2.12. The molecule has 4 aromatic rings. The summed E-state index contributed by atoms with van der Waals surface area (Å²) in [6, 6.07) is 19.4. The average molecular weight is 430 g/mol. The summed E-state index contributed by atoms with van der Waals surface area (Å²) in [6.45, 7) is 4.71. The molecule has 1 aromatic heterocycles. The lowest BCUT2D eigenvalue weighted by Gasteiger charge is -2.19. The van der Waals surface area contributed by atoms with Crippen LogP contribution in [0.2, 0.25) is 0 Å². The summed E-state index contributed by atoms with van der Waals surface area (Å²) in [4.78, 5) is 13.5. The van der Waals surface area contributed by atoms with Gasteiger partial charge in [0.05, 0.1) is 23.5 Å². The van der Waals surface area contributed by atoms with Crippen molar-refractivity contribution in [3.8, 4) is 17.2 Å². The predicted molar refractivity (Wildman–Crippen MR) is 129 cm³/mol. The number of ether oxygens (including phenoxy) is 3. The van der Waals surface area contributed by atoms with Gasteiger partial charge in [-0.2, -0.15) is 0 Å². The zero-order chi connectivity index (χ0) is 22.7. The third-order valence-corrected chi connectivity index (χ3v) is 5.44. The Morgan fingerprint density at radius 3 is 2.38 bits per heavy atom. The highest BCUT2D eigenvalue weighted by Gasteiger charge is 2.22. The van der Waals surface area contributed by atoms with Gasteiger partial charge >= 0.3 is 0 Å². The second-order valence-corrected chi connectivity index (χ2v) is 7.90. The van der Waals surface area contributed by atoms with Gasteiger partial charge < -0.3 is 18.8 Å². The molecule has 0 aliphatic heterocycles. The minimum Gasteiger partial charge on any atom is -0.490 e. The molecule has 0 unspecified atom stereocenters. The van der Waals surface area contributed by atoms with E-state index in [4.69, 9.17) is 14.2 Å². The second kappa shape index (κ2) is 9.18. The summed E-state index contributed by atoms with van der Waals surface area (Å²) in [5.74, 6) is 1.35. The van der Waals surface area contributed by atoms with Gasteiger partial charge in [0.1, 0.15) is 13.2 Å². The van der Waals surface area contributed by atoms with Crippen molar-refractivity contribution in [1.82, 2.24) is 4.57 Å². The van der Waals surface area contributed by atoms with Crippen LogP contribution in [0.15, 0.2) is 77.1 Å². The van der Waals surface area contributed by atoms with Gasteiger partial charge in [-0.15, -0.1) is 0 Å². The number of rotatable bonds is 7. The van der Waals surface area contributed by atoms with Gasteiger partial charge in [-0.05, 0) is 37.6 Å². The maximum absolute atomic E-state index is 13.5. The average Bonchev–Trinajstić information content (AvgIpc) is 2.81. The number of fused-ring (bicyclic) bond motifs is 2. The highest BCUT2D eigenvalue weighted by Crippen LogP contribution is 2.43. The van der Waals surface area contributed by atoms with E-state index < -0.39 is 0 Å². The fraction of sp³-hybridized carbons (Fsp3) is 0.222. The fourth-order valence-corrected chi connectivity index (χ4v) is 3.78. The molecule has 0 aliphatic carbocycles. The molecule has 5 nitrogen and oxygen atoms in total. The molecule has 5 heteroatoms. The molecule has 32 heavy (non-hydrogen) atoms. The van der Waals surface area contributed by atoms with Crippen LogP contribution in [-0.4, -0.2) is 18.3 Å². The van der Waals surface area contributed by atoms with Crippen molar-refractivity contribution in [3.05, 3.63) is 88.1 Å². The number of hydrogen-bond acceptors (Lipinski definition) is 4. The molecule has 4 rings (SSSR count). The van der Waals surface area contributed by atoms with Crippen molar-refractivity contribution in [1.29, 1.82) is 0 Å². The van der Waals surface area contributed by atoms with E-state index in [1.165, 1.54) is 0 Å². The molecule has 0 fully saturated rings. The van der Waals surface area contributed by atoms with Crippen LogP contribution in [0, 0.1) is 0 Å². The summed E-state index contributed by atoms with van der Waals surface area (Å²) >= 11 is 0. The van der Waals surface area contributed by atoms with Gasteiger partial charge in [-0.1, -0.05) is 48.0 Å². The largest absolute Gasteiger partial charge is 0.490 e. The minimum absolute atomic E-state index is 0.0891. The molecular formula is C27H27NO4. The van der Waals surface area contributed by atoms with Crippen LogP contribution >= 0.6 is 0 Å². The van der Waals surface area contributed by atoms with Crippen molar-refractivity contribution in [2.24, 2.45) is 7.05 Å². The number of pyridine rings is 1. The number of allylic oxidation sites excluding steroid dienone is 1. The van der Waals surface area contributed by atoms with Crippen LogP contribution in [0.5, 0.6) is 17.2 Å². The summed E-state index contributed by atoms with van der Waals surface area (Å²) < 4.78 is 20.0. The van der Waals surface area contributed by atoms with Crippen molar-refractivity contribution in [3.63, 3.8) is 0 Å². The van der Waals surface area contributed by atoms with Gasteiger partial charge in [0.2, 0.25) is 11.2 Å². The van der Waals surface area contributed by atoms with Gasteiger partial charge in [0.15, 0.2) is 11.5 Å². The first kappa shape index (κ1) is 21.5. The Morgan fingerprint density at radius 2 is 1.66 bits per heavy atom. The summed E-state index contributed by atoms with van der Waals surface area (Å²) in [6.07, 6.45) is 1.97. The molecule has 0 saturated heterocycles. The Hall–Kier alpha value is -3.73. The molecule has 3 aromatic carbocycles. The van der Waals surface area contributed by atoms with Crippen LogP contribution in [-0.2, 0) is 13.7 Å². The molecule has 164 valence electrons. The Balaban J connectivity index is 1.95. The highest BCUT2D eigenvalue weighted by molar-refractivity contribution is 5.99. The predicted octanol–water partition coefficient (Wildman–Crippen LogP) is 5.62. The highest BCUT2D eigenvalue weighted by atomic mass is 16.5. The first-order valence-electron chi connectivity index (χ1n) is 10.6. The number of aromatic nitrogens is 1. The first-order valence-corrected chi connectivity index (χ1v) is 10.6. The monoisotopic (exact) mass is 429 g/mol. The Morgan fingerprint density at radius 1 is 0.938 bits per heavy atom. The van der Waals surface area contributed by atoms with Gasteiger partial charge in [0, 0.05) is 18.5 Å². The van der Waals surface area contributed by atoms with Crippen molar-refractivity contribution >= 4 is 21.8 Å². The van der Waals surface area contributed by atoms with E-state index in [2.05, 4.69) is 0 Å². The standard InChI is InChI=1S/C27H27NO4/c1-18(2)14-15-31-27-24-22(28(3)21-13-9-8-12-20(21)25(24)29)16-23(26(27)30-4)32-17-19-10-6-5-7-11-19/h5-14,16H,15,17H2,1-4H3. The maximum Gasteiger partial charge on any atom is 0.204 e. The van der Waals surface area contributed by atoms with Crippen molar-refractivity contribution < 1.29 is 14.2 Å². The molecule has 0 saturated carbocycles. The second-order valence-electron chi connectivity index (χ2n) is 7.90. The van der Waals surface area contributed by atoms with E-state index in [0.717, 1.165) is 22.2 Å². The van der Waals surface area contributed by atoms with E-state index in [-0.39, 0.29) is 5.43 Å². The Labute approximate surface area is 187 Å². The van der Waals surface area contributed by atoms with Crippen LogP contribution in [0.1, 0.15) is 19.4 Å². The molecule has 1 heterocycles. The van der Waals surface area contributed by atoms with E-state index in [9.17, 15) is 4.79 Å². The van der Waals surface area contributed by atoms with Crippen molar-refractivity contribution in [2.75, 3.05) is 13.7 Å². The van der Waals surface area contributed by atoms with Gasteiger partial charge in [-0.3, -0.25) is 4.79 Å². The smallest absolute Gasteiger partial charge is 0.204 e. The molecule has 0 radical (unpaired) electrons. The van der Waals surface area contributed by atoms with Gasteiger partial charge in [0.25, 0.3) is 0 Å². The first-order chi connectivity index (χ1) is 15.5. The summed E-state index contributed by atoms with van der Waals surface area (Å²) in [7, 11) is 3.51. The Bertz CT molecular complexity index is 1350. The molecule has 0 amide bonds. The minimum atomic E-state index is -0.0891. The zero-order valence-electron chi connectivity index (χ0n) is 18.8. The van der Waals surface area contributed by atoms with E-state index >= 15 is 0 Å². The van der Waals surface area contributed by atoms with Crippen LogP contribution in [0.25, 0.3) is 21.8 Å². The third kappa shape index (κ3) is 4.06. The lowest BCUT2D eigenvalue weighted by atomic mass is 10.1. The number of benzene rings is 3. The van der Waals surface area contributed by atoms with Crippen LogP contribution < -0.4 is 19.6 Å². The number of aryl methyl sites for hydroxylation is 1. The lowest BCUT2D eigenvalue weighted by molar-refractivity contribution is 0.272. The molecular weight excluding hydrogens is 402 g/mol. The molecule has 0 bridgehead atoms. The third-order valence-electron chi connectivity index (χ3n) is 5.44. The zero-order valence-corrected chi connectivity index (χ0v) is 18.8. The topological polar surface area (TPSA) is 49.7 Å². The van der Waals surface area contributed by atoms with E-state index in [1.807, 2.05) is 92.2 Å². The molecule has 0 aliphatic rings. The number of nitrogens with zero attached hydrogens (tertiary/aromatic N) is 1. The van der Waals surface area contributed by atoms with E-state index in [0.29, 0.717) is 41.2 Å². The normalized spacial score (nSPS) is 10.9. The molecule has 0 spiro atoms. The molecule has 0 atom stereocenters. The number of hydrogen-bond donors (Lipinski definition) is 0. The van der Waals surface area contributed by atoms with Crippen LogP contribution in [0.4, 0.5) is 0 Å². The molecule has 0 N–H and O–H groups in total. The fourth-order valence-electron chi connectivity index (χ4n) is 3.78. The SMILES string of the molecule is COc1c(OCc2ccccc2)cc2c(c1OCC=C(C)C)c(=O)c1ccccc1n2C. The summed E-state index contributed by atoms with van der Waals surface area (Å²) in [5, 5.41) is 1.12. The summed E-state index contributed by atoms with van der Waals surface area (Å²) in [5.41, 5.74) is 3.65. The number of para-hydroxylation sites is 1. The van der Waals surface area contributed by atoms with Gasteiger partial charge in [-0.25, -0.2) is 0 Å². The quantitative estimate of drug-likeness (QED) is 0.282. The number of methoxy groups -OCH3 is 1. The van der Waals surface area contributed by atoms with E-state index in [1.54, 1.807) is 7.11 Å². The Kier molecular flexibility index (Phi) is 6.17. The maximum atomic E-state index is 13.5. The van der Waals surface area contributed by atoms with Crippen molar-refractivity contribution in [2.45, 2.75) is 20.5 Å². The van der Waals surface area contributed by atoms with Crippen LogP contribution in [0.3, 0.4) is 0 Å².